The van der Waals surface area contributed by atoms with Gasteiger partial charge in [0.1, 0.15) is 0 Å². The Balaban J connectivity index is 2.09. The lowest BCUT2D eigenvalue weighted by Crippen LogP contribution is -2.35. The van der Waals surface area contributed by atoms with Crippen LogP contribution in [0.4, 0.5) is 13.2 Å². The fourth-order valence-electron chi connectivity index (χ4n) is 2.66. The van der Waals surface area contributed by atoms with Crippen molar-refractivity contribution in [2.45, 2.75) is 31.5 Å². The van der Waals surface area contributed by atoms with Gasteiger partial charge < -0.3 is 10.4 Å². The summed E-state index contributed by atoms with van der Waals surface area (Å²) in [7, 11) is 0. The number of hydrogen-bond donors (Lipinski definition) is 2. The zero-order chi connectivity index (χ0) is 14.8. The van der Waals surface area contributed by atoms with Gasteiger partial charge in [-0.2, -0.15) is 13.2 Å². The van der Waals surface area contributed by atoms with E-state index in [2.05, 4.69) is 5.32 Å². The summed E-state index contributed by atoms with van der Waals surface area (Å²) in [5.74, 6) is -0.882. The van der Waals surface area contributed by atoms with Gasteiger partial charge in [0.25, 0.3) is 0 Å². The first-order valence-electron chi connectivity index (χ1n) is 6.49. The molecule has 3 nitrogen and oxygen atoms in total. The first kappa shape index (κ1) is 14.8. The van der Waals surface area contributed by atoms with E-state index in [1.165, 1.54) is 12.1 Å². The number of nitrogens with one attached hydrogen (secondary N) is 1. The van der Waals surface area contributed by atoms with Crippen molar-refractivity contribution < 1.29 is 23.1 Å². The van der Waals surface area contributed by atoms with E-state index in [4.69, 9.17) is 5.11 Å². The zero-order valence-electron chi connectivity index (χ0n) is 10.8. The van der Waals surface area contributed by atoms with Crippen LogP contribution in [0, 0.1) is 5.92 Å². The van der Waals surface area contributed by atoms with Gasteiger partial charge in [-0.05, 0) is 36.9 Å². The number of aliphatic carboxylic acids is 1. The van der Waals surface area contributed by atoms with E-state index in [-0.39, 0.29) is 23.9 Å². The average molecular weight is 287 g/mol. The molecule has 6 heteroatoms. The molecule has 1 aliphatic rings. The Hall–Kier alpha value is -1.56. The predicted molar refractivity (Wildman–Crippen MR) is 67.2 cm³/mol. The molecular formula is C14H16F3NO2. The monoisotopic (exact) mass is 287 g/mol. The molecule has 1 aromatic carbocycles. The molecule has 0 saturated carbocycles. The van der Waals surface area contributed by atoms with E-state index >= 15 is 0 Å². The highest BCUT2D eigenvalue weighted by Gasteiger charge is 2.35. The Bertz CT molecular complexity index is 480. The highest BCUT2D eigenvalue weighted by Crippen LogP contribution is 2.37. The summed E-state index contributed by atoms with van der Waals surface area (Å²) in [5.41, 5.74) is -0.372. The molecule has 2 N–H and O–H groups in total. The summed E-state index contributed by atoms with van der Waals surface area (Å²) >= 11 is 0. The van der Waals surface area contributed by atoms with Crippen LogP contribution in [-0.4, -0.2) is 17.6 Å². The molecule has 1 fully saturated rings. The highest BCUT2D eigenvalue weighted by molar-refractivity contribution is 5.67. The molecule has 0 amide bonds. The Kier molecular flexibility index (Phi) is 4.32. The van der Waals surface area contributed by atoms with Crippen LogP contribution in [-0.2, 0) is 11.0 Å². The number of benzene rings is 1. The first-order chi connectivity index (χ1) is 9.38. The lowest BCUT2D eigenvalue weighted by molar-refractivity contribution is -0.138. The first-order valence-corrected chi connectivity index (χ1v) is 6.49. The number of piperidine rings is 1. The third kappa shape index (κ3) is 3.50. The van der Waals surface area contributed by atoms with Gasteiger partial charge in [0.15, 0.2) is 0 Å². The predicted octanol–water partition coefficient (Wildman–Crippen LogP) is 3.22. The molecule has 0 aromatic heterocycles. The topological polar surface area (TPSA) is 49.3 Å². The number of carboxylic acids is 1. The van der Waals surface area contributed by atoms with E-state index in [0.717, 1.165) is 6.07 Å². The summed E-state index contributed by atoms with van der Waals surface area (Å²) in [5, 5.41) is 11.8. The van der Waals surface area contributed by atoms with Crippen LogP contribution < -0.4 is 5.32 Å². The van der Waals surface area contributed by atoms with E-state index in [1.54, 1.807) is 6.07 Å². The molecule has 0 aliphatic carbocycles. The maximum atomic E-state index is 12.9. The van der Waals surface area contributed by atoms with Gasteiger partial charge in [0.2, 0.25) is 0 Å². The fraction of sp³-hybridized carbons (Fsp3) is 0.500. The van der Waals surface area contributed by atoms with Crippen molar-refractivity contribution in [2.24, 2.45) is 5.92 Å². The molecule has 20 heavy (non-hydrogen) atoms. The number of alkyl halides is 3. The van der Waals surface area contributed by atoms with Gasteiger partial charge in [0.05, 0.1) is 5.56 Å². The Labute approximate surface area is 114 Å². The van der Waals surface area contributed by atoms with Crippen LogP contribution in [0.1, 0.15) is 36.4 Å². The average Bonchev–Trinajstić information content (AvgIpc) is 2.38. The van der Waals surface area contributed by atoms with Crippen molar-refractivity contribution in [1.29, 1.82) is 0 Å². The summed E-state index contributed by atoms with van der Waals surface area (Å²) in [6, 6.07) is 5.17. The Morgan fingerprint density at radius 3 is 2.55 bits per heavy atom. The highest BCUT2D eigenvalue weighted by atomic mass is 19.4. The second-order valence-electron chi connectivity index (χ2n) is 5.09. The molecule has 1 saturated heterocycles. The van der Waals surface area contributed by atoms with Crippen molar-refractivity contribution in [3.63, 3.8) is 0 Å². The molecule has 0 spiro atoms. The largest absolute Gasteiger partial charge is 0.481 e. The van der Waals surface area contributed by atoms with Crippen LogP contribution in [0.3, 0.4) is 0 Å². The number of carbonyl (C=O) groups is 1. The van der Waals surface area contributed by atoms with Crippen LogP contribution in [0.2, 0.25) is 0 Å². The molecule has 0 radical (unpaired) electrons. The minimum Gasteiger partial charge on any atom is -0.481 e. The molecule has 2 atom stereocenters. The smallest absolute Gasteiger partial charge is 0.416 e. The number of halogens is 3. The van der Waals surface area contributed by atoms with Crippen LogP contribution in [0.25, 0.3) is 0 Å². The zero-order valence-corrected chi connectivity index (χ0v) is 10.8. The summed E-state index contributed by atoms with van der Waals surface area (Å²) in [4.78, 5) is 10.6. The van der Waals surface area contributed by atoms with Gasteiger partial charge in [-0.15, -0.1) is 0 Å². The Morgan fingerprint density at radius 1 is 1.30 bits per heavy atom. The second-order valence-corrected chi connectivity index (χ2v) is 5.09. The normalized spacial score (nSPS) is 23.6. The third-order valence-corrected chi connectivity index (χ3v) is 3.62. The number of hydrogen-bond acceptors (Lipinski definition) is 2. The standard InChI is InChI=1S/C14H16F3NO2/c15-14(16,17)11-4-2-1-3-10(11)12-6-5-9(8-18-12)7-13(19)20/h1-4,9,12,18H,5-8H2,(H,19,20). The lowest BCUT2D eigenvalue weighted by atomic mass is 9.87. The maximum absolute atomic E-state index is 12.9. The van der Waals surface area contributed by atoms with E-state index in [0.29, 0.717) is 19.4 Å². The van der Waals surface area contributed by atoms with Gasteiger partial charge in [-0.1, -0.05) is 18.2 Å². The van der Waals surface area contributed by atoms with Crippen molar-refractivity contribution in [2.75, 3.05) is 6.54 Å². The molecule has 1 heterocycles. The van der Waals surface area contributed by atoms with E-state index in [9.17, 15) is 18.0 Å². The third-order valence-electron chi connectivity index (χ3n) is 3.62. The van der Waals surface area contributed by atoms with E-state index < -0.39 is 17.7 Å². The van der Waals surface area contributed by atoms with E-state index in [1.807, 2.05) is 0 Å². The maximum Gasteiger partial charge on any atom is 0.416 e. The van der Waals surface area contributed by atoms with Crippen LogP contribution in [0.15, 0.2) is 24.3 Å². The van der Waals surface area contributed by atoms with Gasteiger partial charge >= 0.3 is 12.1 Å². The summed E-state index contributed by atoms with van der Waals surface area (Å²) < 4.78 is 38.8. The molecular weight excluding hydrogens is 271 g/mol. The lowest BCUT2D eigenvalue weighted by Gasteiger charge is -2.31. The molecule has 0 bridgehead atoms. The van der Waals surface area contributed by atoms with Crippen LogP contribution in [0.5, 0.6) is 0 Å². The van der Waals surface area contributed by atoms with Gasteiger partial charge in [-0.25, -0.2) is 0 Å². The van der Waals surface area contributed by atoms with Crippen LogP contribution >= 0.6 is 0 Å². The van der Waals surface area contributed by atoms with Gasteiger partial charge in [0, 0.05) is 12.5 Å². The minimum absolute atomic E-state index is 0.0122. The molecule has 1 aromatic rings. The molecule has 1 aliphatic heterocycles. The van der Waals surface area contributed by atoms with Crippen molar-refractivity contribution >= 4 is 5.97 Å². The van der Waals surface area contributed by atoms with Gasteiger partial charge in [-0.3, -0.25) is 4.79 Å². The molecule has 110 valence electrons. The SMILES string of the molecule is O=C(O)CC1CCC(c2ccccc2C(F)(F)F)NC1. The fourth-order valence-corrected chi connectivity index (χ4v) is 2.66. The molecule has 2 unspecified atom stereocenters. The van der Waals surface area contributed by atoms with Crippen molar-refractivity contribution in [3.8, 4) is 0 Å². The quantitative estimate of drug-likeness (QED) is 0.897. The van der Waals surface area contributed by atoms with Crippen molar-refractivity contribution in [3.05, 3.63) is 35.4 Å². The number of carboxylic acid groups (broad SMARTS) is 1. The second kappa shape index (κ2) is 5.83. The summed E-state index contributed by atoms with van der Waals surface area (Å²) in [6.07, 6.45) is -3.17. The number of rotatable bonds is 3. The minimum atomic E-state index is -4.36. The summed E-state index contributed by atoms with van der Waals surface area (Å²) in [6.45, 7) is 0.434. The molecule has 2 rings (SSSR count). The van der Waals surface area contributed by atoms with Crippen molar-refractivity contribution in [1.82, 2.24) is 5.32 Å². The Morgan fingerprint density at radius 2 is 2.00 bits per heavy atom.